The number of halogens is 6. The zero-order chi connectivity index (χ0) is 26.1. The molecular weight excluding hydrogens is 549 g/mol. The molecule has 1 heterocycles. The molecule has 5 nitrogen and oxygen atoms in total. The van der Waals surface area contributed by atoms with E-state index >= 15 is 0 Å². The molecule has 0 saturated carbocycles. The number of nitriles is 1. The number of carbonyl (C=O) groups is 1. The van der Waals surface area contributed by atoms with E-state index in [9.17, 15) is 26.7 Å². The Labute approximate surface area is 209 Å². The van der Waals surface area contributed by atoms with Crippen molar-refractivity contribution >= 4 is 39.3 Å². The highest BCUT2D eigenvalue weighted by molar-refractivity contribution is 9.10. The van der Waals surface area contributed by atoms with Gasteiger partial charge in [-0.3, -0.25) is 4.79 Å². The fourth-order valence-electron chi connectivity index (χ4n) is 3.34. The molecule has 11 heteroatoms. The monoisotopic (exact) mass is 561 g/mol. The van der Waals surface area contributed by atoms with Gasteiger partial charge in [0.2, 0.25) is 5.82 Å². The van der Waals surface area contributed by atoms with E-state index in [1.54, 1.807) is 42.5 Å². The molecule has 0 unspecified atom stereocenters. The minimum atomic E-state index is -2.33. The summed E-state index contributed by atoms with van der Waals surface area (Å²) in [5.41, 5.74) is 0.301. The van der Waals surface area contributed by atoms with Gasteiger partial charge in [0, 0.05) is 0 Å². The average molecular weight is 562 g/mol. The lowest BCUT2D eigenvalue weighted by atomic mass is 10.1. The van der Waals surface area contributed by atoms with Crippen molar-refractivity contribution in [1.82, 2.24) is 0 Å². The third-order valence-electron chi connectivity index (χ3n) is 5.21. The van der Waals surface area contributed by atoms with E-state index in [1.807, 2.05) is 6.07 Å². The Kier molecular flexibility index (Phi) is 6.90. The summed E-state index contributed by atoms with van der Waals surface area (Å²) in [6, 6.07) is 13.7. The lowest BCUT2D eigenvalue weighted by molar-refractivity contribution is -0.114. The van der Waals surface area contributed by atoms with Gasteiger partial charge in [-0.05, 0) is 64.3 Å². The molecule has 3 aromatic carbocycles. The molecule has 0 saturated heterocycles. The molecule has 1 amide bonds. The summed E-state index contributed by atoms with van der Waals surface area (Å²) >= 11 is 3.37. The number of benzene rings is 3. The summed E-state index contributed by atoms with van der Waals surface area (Å²) in [6.07, 6.45) is 1.36. The fraction of sp³-hybridized carbons (Fsp3) is 0.0800. The summed E-state index contributed by atoms with van der Waals surface area (Å²) in [4.78, 5) is 12.8. The molecule has 1 aliphatic rings. The third kappa shape index (κ3) is 4.59. The van der Waals surface area contributed by atoms with Gasteiger partial charge in [-0.25, -0.2) is 22.0 Å². The standard InChI is InChI=1S/C25H13BrF5N3O2/c1-12-16(25(35)34(33-12)24-22(30)20(28)19(27)21(29)23(24)31)8-15-6-7-18(17(26)9-15)36-11-14-4-2-13(10-32)3-5-14/h2-9H,11H2,1H3/b16-8-. The van der Waals surface area contributed by atoms with Crippen molar-refractivity contribution in [2.24, 2.45) is 5.10 Å². The molecule has 4 rings (SSSR count). The van der Waals surface area contributed by atoms with Crippen molar-refractivity contribution in [3.05, 3.63) is 98.3 Å². The van der Waals surface area contributed by atoms with E-state index in [4.69, 9.17) is 10.00 Å². The van der Waals surface area contributed by atoms with Gasteiger partial charge in [-0.1, -0.05) is 18.2 Å². The smallest absolute Gasteiger partial charge is 0.280 e. The van der Waals surface area contributed by atoms with Crippen molar-refractivity contribution in [1.29, 1.82) is 5.26 Å². The van der Waals surface area contributed by atoms with Crippen LogP contribution in [0.4, 0.5) is 27.6 Å². The number of hydrazone groups is 1. The van der Waals surface area contributed by atoms with Gasteiger partial charge in [-0.2, -0.15) is 15.4 Å². The molecule has 0 aliphatic carbocycles. The Bertz CT molecular complexity index is 1470. The van der Waals surface area contributed by atoms with Gasteiger partial charge >= 0.3 is 0 Å². The summed E-state index contributed by atoms with van der Waals surface area (Å²) in [5, 5.41) is 12.7. The Hall–Kier alpha value is -4.04. The van der Waals surface area contributed by atoms with E-state index in [0.29, 0.717) is 21.3 Å². The molecule has 0 atom stereocenters. The maximum absolute atomic E-state index is 14.2. The lowest BCUT2D eigenvalue weighted by Crippen LogP contribution is -2.25. The fourth-order valence-corrected chi connectivity index (χ4v) is 3.85. The number of rotatable bonds is 5. The average Bonchev–Trinajstić information content (AvgIpc) is 3.14. The van der Waals surface area contributed by atoms with Crippen LogP contribution >= 0.6 is 15.9 Å². The molecule has 0 aromatic heterocycles. The van der Waals surface area contributed by atoms with Crippen LogP contribution < -0.4 is 9.75 Å². The van der Waals surface area contributed by atoms with Crippen molar-refractivity contribution in [2.75, 3.05) is 5.01 Å². The first-order chi connectivity index (χ1) is 17.1. The lowest BCUT2D eigenvalue weighted by Gasteiger charge is -2.15. The van der Waals surface area contributed by atoms with Crippen LogP contribution in [0, 0.1) is 40.4 Å². The Morgan fingerprint density at radius 1 is 1.00 bits per heavy atom. The minimum absolute atomic E-state index is 0.0150. The van der Waals surface area contributed by atoms with Crippen LogP contribution in [0.3, 0.4) is 0 Å². The second-order valence-electron chi connectivity index (χ2n) is 7.57. The van der Waals surface area contributed by atoms with E-state index in [-0.39, 0.29) is 22.9 Å². The Morgan fingerprint density at radius 2 is 1.61 bits per heavy atom. The van der Waals surface area contributed by atoms with Crippen molar-refractivity contribution in [3.63, 3.8) is 0 Å². The number of nitrogens with zero attached hydrogens (tertiary/aromatic N) is 3. The van der Waals surface area contributed by atoms with Gasteiger partial charge in [-0.15, -0.1) is 0 Å². The normalized spacial score (nSPS) is 14.3. The number of hydrogen-bond donors (Lipinski definition) is 0. The number of ether oxygens (including phenoxy) is 1. The number of carbonyl (C=O) groups excluding carboxylic acids is 1. The summed E-state index contributed by atoms with van der Waals surface area (Å²) in [6.45, 7) is 1.59. The second kappa shape index (κ2) is 9.91. The Balaban J connectivity index is 1.56. The first kappa shape index (κ1) is 25.1. The SMILES string of the molecule is CC1=NN(c2c(F)c(F)c(F)c(F)c2F)C(=O)/C1=C\c1ccc(OCc2ccc(C#N)cc2)c(Br)c1. The van der Waals surface area contributed by atoms with Crippen LogP contribution in [0.25, 0.3) is 6.08 Å². The molecular formula is C25H13BrF5N3O2. The largest absolute Gasteiger partial charge is 0.488 e. The molecule has 3 aromatic rings. The van der Waals surface area contributed by atoms with Crippen LogP contribution in [-0.4, -0.2) is 11.6 Å². The summed E-state index contributed by atoms with van der Waals surface area (Å²) < 4.78 is 75.3. The van der Waals surface area contributed by atoms with Gasteiger partial charge in [0.05, 0.1) is 27.4 Å². The van der Waals surface area contributed by atoms with Crippen LogP contribution in [0.2, 0.25) is 0 Å². The van der Waals surface area contributed by atoms with Crippen molar-refractivity contribution in [3.8, 4) is 11.8 Å². The second-order valence-corrected chi connectivity index (χ2v) is 8.42. The van der Waals surface area contributed by atoms with Crippen LogP contribution in [0.5, 0.6) is 5.75 Å². The molecule has 1 aliphatic heterocycles. The minimum Gasteiger partial charge on any atom is -0.488 e. The molecule has 0 bridgehead atoms. The highest BCUT2D eigenvalue weighted by Crippen LogP contribution is 2.34. The zero-order valence-corrected chi connectivity index (χ0v) is 19.8. The molecule has 36 heavy (non-hydrogen) atoms. The first-order valence-electron chi connectivity index (χ1n) is 10.2. The molecule has 0 fully saturated rings. The number of amides is 1. The highest BCUT2D eigenvalue weighted by atomic mass is 79.9. The van der Waals surface area contributed by atoms with Gasteiger partial charge in [0.25, 0.3) is 5.91 Å². The maximum Gasteiger partial charge on any atom is 0.280 e. The molecule has 182 valence electrons. The van der Waals surface area contributed by atoms with Gasteiger partial charge < -0.3 is 4.74 Å². The summed E-state index contributed by atoms with van der Waals surface area (Å²) in [7, 11) is 0. The van der Waals surface area contributed by atoms with Crippen LogP contribution in [0.1, 0.15) is 23.6 Å². The van der Waals surface area contributed by atoms with E-state index in [1.165, 1.54) is 13.0 Å². The third-order valence-corrected chi connectivity index (χ3v) is 5.83. The van der Waals surface area contributed by atoms with E-state index in [2.05, 4.69) is 21.0 Å². The highest BCUT2D eigenvalue weighted by Gasteiger charge is 2.37. The molecule has 0 N–H and O–H groups in total. The first-order valence-corrected chi connectivity index (χ1v) is 11.0. The topological polar surface area (TPSA) is 65.7 Å². The van der Waals surface area contributed by atoms with Gasteiger partial charge in [0.15, 0.2) is 23.3 Å². The van der Waals surface area contributed by atoms with Crippen molar-refractivity contribution in [2.45, 2.75) is 13.5 Å². The van der Waals surface area contributed by atoms with Crippen LogP contribution in [0.15, 0.2) is 57.6 Å². The predicted molar refractivity (Wildman–Crippen MR) is 124 cm³/mol. The van der Waals surface area contributed by atoms with E-state index in [0.717, 1.165) is 5.56 Å². The van der Waals surface area contributed by atoms with E-state index < -0.39 is 40.7 Å². The quantitative estimate of drug-likeness (QED) is 0.157. The van der Waals surface area contributed by atoms with Gasteiger partial charge in [0.1, 0.15) is 18.0 Å². The molecule has 0 spiro atoms. The zero-order valence-electron chi connectivity index (χ0n) is 18.3. The van der Waals surface area contributed by atoms with Crippen LogP contribution in [-0.2, 0) is 11.4 Å². The Morgan fingerprint density at radius 3 is 2.19 bits per heavy atom. The predicted octanol–water partition coefficient (Wildman–Crippen LogP) is 6.40. The van der Waals surface area contributed by atoms with Crippen molar-refractivity contribution < 1.29 is 31.5 Å². The number of hydrogen-bond acceptors (Lipinski definition) is 4. The maximum atomic E-state index is 14.2. The molecule has 0 radical (unpaired) electrons. The number of anilines is 1. The summed E-state index contributed by atoms with van der Waals surface area (Å²) in [5.74, 6) is -11.6.